The number of hydrogen-bond acceptors (Lipinski definition) is 3. The lowest BCUT2D eigenvalue weighted by Crippen LogP contribution is -2.32. The van der Waals surface area contributed by atoms with E-state index < -0.39 is 11.7 Å². The van der Waals surface area contributed by atoms with Crippen molar-refractivity contribution in [2.24, 2.45) is 0 Å². The summed E-state index contributed by atoms with van der Waals surface area (Å²) < 4.78 is 10.9. The highest BCUT2D eigenvalue weighted by Gasteiger charge is 2.17. The van der Waals surface area contributed by atoms with Gasteiger partial charge in [0.05, 0.1) is 6.54 Å². The molecule has 0 aliphatic rings. The van der Waals surface area contributed by atoms with Gasteiger partial charge in [0, 0.05) is 16.0 Å². The average molecular weight is 296 g/mol. The van der Waals surface area contributed by atoms with Crippen LogP contribution in [-0.2, 0) is 11.3 Å². The number of alkyl carbamates (subject to hydrolysis) is 1. The number of halogens is 1. The molecule has 0 saturated carbocycles. The van der Waals surface area contributed by atoms with E-state index >= 15 is 0 Å². The number of nitrogens with one attached hydrogen (secondary N) is 1. The van der Waals surface area contributed by atoms with Gasteiger partial charge in [0.1, 0.15) is 16.9 Å². The summed E-state index contributed by atoms with van der Waals surface area (Å²) in [6.45, 7) is 7.68. The van der Waals surface area contributed by atoms with E-state index in [-0.39, 0.29) is 6.54 Å². The number of hydrogen-bond donors (Lipinski definition) is 1. The van der Waals surface area contributed by atoms with Crippen molar-refractivity contribution in [3.05, 3.63) is 34.5 Å². The number of aryl methyl sites for hydroxylation is 1. The lowest BCUT2D eigenvalue weighted by Gasteiger charge is -2.19. The summed E-state index contributed by atoms with van der Waals surface area (Å²) >= 11 is 5.97. The Balaban J connectivity index is 2.11. The SMILES string of the molecule is Cc1c(CNC(=O)OC(C)(C)C)oc2ccc(Cl)cc12. The van der Waals surface area contributed by atoms with Crippen molar-refractivity contribution in [2.75, 3.05) is 0 Å². The number of fused-ring (bicyclic) bond motifs is 1. The van der Waals surface area contributed by atoms with Gasteiger partial charge in [0.25, 0.3) is 0 Å². The number of amides is 1. The van der Waals surface area contributed by atoms with Crippen LogP contribution in [-0.4, -0.2) is 11.7 Å². The van der Waals surface area contributed by atoms with Crippen LogP contribution < -0.4 is 5.32 Å². The largest absolute Gasteiger partial charge is 0.459 e. The van der Waals surface area contributed by atoms with Crippen LogP contribution in [0.25, 0.3) is 11.0 Å². The minimum absolute atomic E-state index is 0.285. The Hall–Kier alpha value is -1.68. The molecule has 2 rings (SSSR count). The molecule has 0 bridgehead atoms. The fourth-order valence-corrected chi connectivity index (χ4v) is 2.05. The van der Waals surface area contributed by atoms with E-state index in [1.165, 1.54) is 0 Å². The van der Waals surface area contributed by atoms with Crippen molar-refractivity contribution in [1.82, 2.24) is 5.32 Å². The van der Waals surface area contributed by atoms with Crippen molar-refractivity contribution in [3.63, 3.8) is 0 Å². The van der Waals surface area contributed by atoms with Crippen LogP contribution in [0.2, 0.25) is 5.02 Å². The molecule has 5 heteroatoms. The molecule has 0 radical (unpaired) electrons. The summed E-state index contributed by atoms with van der Waals surface area (Å²) in [4.78, 5) is 11.6. The minimum Gasteiger partial charge on any atom is -0.459 e. The van der Waals surface area contributed by atoms with Crippen molar-refractivity contribution in [2.45, 2.75) is 39.8 Å². The van der Waals surface area contributed by atoms with Crippen LogP contribution in [0.15, 0.2) is 22.6 Å². The summed E-state index contributed by atoms with van der Waals surface area (Å²) in [5.74, 6) is 0.702. The molecule has 1 aromatic heterocycles. The van der Waals surface area contributed by atoms with Crippen LogP contribution in [0.1, 0.15) is 32.1 Å². The Kier molecular flexibility index (Phi) is 3.95. The van der Waals surface area contributed by atoms with Gasteiger partial charge in [-0.25, -0.2) is 4.79 Å². The number of carbonyl (C=O) groups is 1. The van der Waals surface area contributed by atoms with Gasteiger partial charge in [-0.05, 0) is 45.9 Å². The molecule has 1 amide bonds. The maximum atomic E-state index is 11.6. The molecular weight excluding hydrogens is 278 g/mol. The van der Waals surface area contributed by atoms with Crippen molar-refractivity contribution < 1.29 is 13.9 Å². The van der Waals surface area contributed by atoms with Gasteiger partial charge >= 0.3 is 6.09 Å². The van der Waals surface area contributed by atoms with Crippen LogP contribution in [0.5, 0.6) is 0 Å². The Labute approximate surface area is 123 Å². The highest BCUT2D eigenvalue weighted by molar-refractivity contribution is 6.31. The first-order chi connectivity index (χ1) is 9.26. The summed E-state index contributed by atoms with van der Waals surface area (Å²) in [5, 5.41) is 4.30. The molecule has 2 aromatic rings. The standard InChI is InChI=1S/C15H18ClNO3/c1-9-11-7-10(16)5-6-12(11)19-13(9)8-17-14(18)20-15(2,3)4/h5-7H,8H2,1-4H3,(H,17,18). The summed E-state index contributed by atoms with van der Waals surface area (Å²) in [5.41, 5.74) is 1.21. The maximum Gasteiger partial charge on any atom is 0.408 e. The molecule has 0 aliphatic heterocycles. The van der Waals surface area contributed by atoms with Gasteiger partial charge < -0.3 is 14.5 Å². The van der Waals surface area contributed by atoms with Crippen LogP contribution in [0.4, 0.5) is 4.79 Å². The second kappa shape index (κ2) is 5.37. The minimum atomic E-state index is -0.513. The first kappa shape index (κ1) is 14.7. The number of benzene rings is 1. The number of furan rings is 1. The van der Waals surface area contributed by atoms with Crippen LogP contribution in [0, 0.1) is 6.92 Å². The zero-order valence-electron chi connectivity index (χ0n) is 12.0. The second-order valence-electron chi connectivity index (χ2n) is 5.65. The second-order valence-corrected chi connectivity index (χ2v) is 6.08. The predicted molar refractivity (Wildman–Crippen MR) is 79.0 cm³/mol. The Morgan fingerprint density at radius 1 is 1.40 bits per heavy atom. The molecule has 1 heterocycles. The third-order valence-electron chi connectivity index (χ3n) is 2.79. The predicted octanol–water partition coefficient (Wildman–Crippen LogP) is 4.42. The van der Waals surface area contributed by atoms with Gasteiger partial charge in [-0.1, -0.05) is 11.6 Å². The van der Waals surface area contributed by atoms with Gasteiger partial charge in [-0.3, -0.25) is 0 Å². The van der Waals surface area contributed by atoms with Gasteiger partial charge in [-0.2, -0.15) is 0 Å². The van der Waals surface area contributed by atoms with E-state index in [0.717, 1.165) is 16.5 Å². The molecule has 0 atom stereocenters. The summed E-state index contributed by atoms with van der Waals surface area (Å²) in [6, 6.07) is 5.45. The molecule has 108 valence electrons. The lowest BCUT2D eigenvalue weighted by molar-refractivity contribution is 0.0520. The van der Waals surface area contributed by atoms with Crippen molar-refractivity contribution in [1.29, 1.82) is 0 Å². The summed E-state index contributed by atoms with van der Waals surface area (Å²) in [6.07, 6.45) is -0.463. The molecular formula is C15H18ClNO3. The third kappa shape index (κ3) is 3.45. The number of carbonyl (C=O) groups excluding carboxylic acids is 1. The van der Waals surface area contributed by atoms with E-state index in [1.807, 2.05) is 39.8 Å². The lowest BCUT2D eigenvalue weighted by atomic mass is 10.1. The van der Waals surface area contributed by atoms with Crippen molar-refractivity contribution in [3.8, 4) is 0 Å². The zero-order valence-corrected chi connectivity index (χ0v) is 12.8. The van der Waals surface area contributed by atoms with Gasteiger partial charge in [0.2, 0.25) is 0 Å². The molecule has 0 spiro atoms. The van der Waals surface area contributed by atoms with Crippen molar-refractivity contribution >= 4 is 28.7 Å². The van der Waals surface area contributed by atoms with Crippen LogP contribution in [0.3, 0.4) is 0 Å². The molecule has 1 N–H and O–H groups in total. The molecule has 0 aliphatic carbocycles. The van der Waals surface area contributed by atoms with E-state index in [9.17, 15) is 4.79 Å². The highest BCUT2D eigenvalue weighted by atomic mass is 35.5. The monoisotopic (exact) mass is 295 g/mol. The fraction of sp³-hybridized carbons (Fsp3) is 0.400. The molecule has 1 aromatic carbocycles. The molecule has 4 nitrogen and oxygen atoms in total. The smallest absolute Gasteiger partial charge is 0.408 e. The number of rotatable bonds is 2. The maximum absolute atomic E-state index is 11.6. The van der Waals surface area contributed by atoms with Gasteiger partial charge in [0.15, 0.2) is 0 Å². The topological polar surface area (TPSA) is 51.5 Å². The number of ether oxygens (including phenoxy) is 1. The zero-order chi connectivity index (χ0) is 14.9. The Morgan fingerprint density at radius 3 is 2.75 bits per heavy atom. The van der Waals surface area contributed by atoms with Crippen LogP contribution >= 0.6 is 11.6 Å². The van der Waals surface area contributed by atoms with E-state index in [1.54, 1.807) is 6.07 Å². The van der Waals surface area contributed by atoms with Gasteiger partial charge in [-0.15, -0.1) is 0 Å². The molecule has 20 heavy (non-hydrogen) atoms. The average Bonchev–Trinajstić information content (AvgIpc) is 2.62. The van der Waals surface area contributed by atoms with E-state index in [4.69, 9.17) is 20.8 Å². The fourth-order valence-electron chi connectivity index (χ4n) is 1.88. The molecule has 0 fully saturated rings. The highest BCUT2D eigenvalue weighted by Crippen LogP contribution is 2.27. The molecule has 0 unspecified atom stereocenters. The third-order valence-corrected chi connectivity index (χ3v) is 3.02. The quantitative estimate of drug-likeness (QED) is 0.892. The first-order valence-electron chi connectivity index (χ1n) is 6.40. The Morgan fingerprint density at radius 2 is 2.10 bits per heavy atom. The normalized spacial score (nSPS) is 11.7. The summed E-state index contributed by atoms with van der Waals surface area (Å²) in [7, 11) is 0. The van der Waals surface area contributed by atoms with E-state index in [2.05, 4.69) is 5.32 Å². The first-order valence-corrected chi connectivity index (χ1v) is 6.78. The Bertz CT molecular complexity index is 640. The van der Waals surface area contributed by atoms with E-state index in [0.29, 0.717) is 10.8 Å². The molecule has 0 saturated heterocycles.